The van der Waals surface area contributed by atoms with Crippen LogP contribution in [0.4, 0.5) is 10.6 Å². The van der Waals surface area contributed by atoms with E-state index in [2.05, 4.69) is 30.8 Å². The van der Waals surface area contributed by atoms with E-state index >= 15 is 0 Å². The molecule has 0 radical (unpaired) electrons. The third-order valence-electron chi connectivity index (χ3n) is 4.30. The van der Waals surface area contributed by atoms with Gasteiger partial charge in [-0.1, -0.05) is 0 Å². The van der Waals surface area contributed by atoms with Gasteiger partial charge < -0.3 is 10.0 Å². The second-order valence-corrected chi connectivity index (χ2v) is 8.33. The maximum Gasteiger partial charge on any atom is 0.407 e. The fourth-order valence-corrected chi connectivity index (χ4v) is 5.17. The number of amides is 1. The van der Waals surface area contributed by atoms with Crippen LogP contribution < -0.4 is 4.90 Å². The highest BCUT2D eigenvalue weighted by Gasteiger charge is 2.43. The second-order valence-electron chi connectivity index (χ2n) is 5.56. The summed E-state index contributed by atoms with van der Waals surface area (Å²) in [4.78, 5) is 23.8. The van der Waals surface area contributed by atoms with Crippen LogP contribution in [0.25, 0.3) is 10.2 Å². The van der Waals surface area contributed by atoms with E-state index < -0.39 is 6.09 Å². The molecule has 0 saturated carbocycles. The van der Waals surface area contributed by atoms with Gasteiger partial charge >= 0.3 is 6.09 Å². The van der Waals surface area contributed by atoms with Crippen LogP contribution in [-0.2, 0) is 0 Å². The molecule has 0 spiro atoms. The van der Waals surface area contributed by atoms with Crippen molar-refractivity contribution >= 4 is 61.0 Å². The van der Waals surface area contributed by atoms with Gasteiger partial charge in [-0.05, 0) is 46.4 Å². The topological polar surface area (TPSA) is 69.6 Å². The molecule has 22 heavy (non-hydrogen) atoms. The number of halogens is 2. The molecular weight excluding hydrogens is 392 g/mol. The lowest BCUT2D eigenvalue weighted by molar-refractivity contribution is 0.114. The first-order valence-corrected chi connectivity index (χ1v) is 8.90. The minimum atomic E-state index is -0.822. The lowest BCUT2D eigenvalue weighted by atomic mass is 10.2. The summed E-state index contributed by atoms with van der Waals surface area (Å²) < 4.78 is 1.96. The Hall–Kier alpha value is -1.12. The van der Waals surface area contributed by atoms with Crippen LogP contribution in [0, 0.1) is 0 Å². The maximum atomic E-state index is 11.4. The normalized spacial score (nSPS) is 24.3. The molecular formula is C13H12BrClN4O2S. The van der Waals surface area contributed by atoms with Gasteiger partial charge in [0.1, 0.15) is 0 Å². The molecule has 2 unspecified atom stereocenters. The summed E-state index contributed by atoms with van der Waals surface area (Å²) in [7, 11) is 0. The summed E-state index contributed by atoms with van der Waals surface area (Å²) >= 11 is 11.1. The fraction of sp³-hybridized carbons (Fsp3) is 0.462. The van der Waals surface area contributed by atoms with E-state index in [1.807, 2.05) is 6.07 Å². The fourth-order valence-electron chi connectivity index (χ4n) is 3.46. The monoisotopic (exact) mass is 402 g/mol. The van der Waals surface area contributed by atoms with E-state index in [0.29, 0.717) is 13.1 Å². The van der Waals surface area contributed by atoms with Gasteiger partial charge in [0.15, 0.2) is 5.82 Å². The Morgan fingerprint density at radius 3 is 2.68 bits per heavy atom. The summed E-state index contributed by atoms with van der Waals surface area (Å²) in [5.74, 6) is 0.813. The Morgan fingerprint density at radius 2 is 2.05 bits per heavy atom. The highest BCUT2D eigenvalue weighted by molar-refractivity contribution is 9.11. The van der Waals surface area contributed by atoms with Gasteiger partial charge in [0.2, 0.25) is 5.28 Å². The van der Waals surface area contributed by atoms with Crippen LogP contribution in [-0.4, -0.2) is 51.2 Å². The van der Waals surface area contributed by atoms with Crippen molar-refractivity contribution in [2.45, 2.75) is 24.9 Å². The number of hydrogen-bond donors (Lipinski definition) is 1. The van der Waals surface area contributed by atoms with Crippen molar-refractivity contribution < 1.29 is 9.90 Å². The Labute approximate surface area is 143 Å². The number of carboxylic acid groups (broad SMARTS) is 1. The van der Waals surface area contributed by atoms with Gasteiger partial charge in [0, 0.05) is 13.1 Å². The average Bonchev–Trinajstić information content (AvgIpc) is 2.94. The summed E-state index contributed by atoms with van der Waals surface area (Å²) in [5, 5.41) is 9.57. The van der Waals surface area contributed by atoms with Crippen LogP contribution >= 0.6 is 38.9 Å². The van der Waals surface area contributed by atoms with Gasteiger partial charge in [0.05, 0.1) is 26.1 Å². The molecule has 1 N–H and O–H groups in total. The minimum Gasteiger partial charge on any atom is -0.465 e. The zero-order valence-electron chi connectivity index (χ0n) is 11.4. The number of carbonyl (C=O) groups is 1. The van der Waals surface area contributed by atoms with Crippen molar-refractivity contribution in [2.75, 3.05) is 18.0 Å². The molecule has 0 aliphatic carbocycles. The first kappa shape index (κ1) is 14.5. The number of fused-ring (bicyclic) bond motifs is 3. The van der Waals surface area contributed by atoms with Gasteiger partial charge in [-0.3, -0.25) is 4.90 Å². The molecule has 4 heterocycles. The predicted octanol–water partition coefficient (Wildman–Crippen LogP) is 3.44. The minimum absolute atomic E-state index is 0.0310. The molecule has 2 aromatic heterocycles. The van der Waals surface area contributed by atoms with Crippen LogP contribution in [0.15, 0.2) is 9.85 Å². The number of piperazine rings is 1. The summed E-state index contributed by atoms with van der Waals surface area (Å²) in [6.45, 7) is 1.31. The van der Waals surface area contributed by atoms with E-state index in [0.717, 1.165) is 32.7 Å². The molecule has 0 aromatic carbocycles. The highest BCUT2D eigenvalue weighted by atomic mass is 79.9. The van der Waals surface area contributed by atoms with Crippen LogP contribution in [0.5, 0.6) is 0 Å². The average molecular weight is 404 g/mol. The standard InChI is InChI=1S/C13H12BrClN4O2S/c14-9-3-8-10(22-9)11(17-12(15)16-8)18-4-6-1-2-7(5-18)19(6)13(20)21/h3,6-7H,1-2,4-5H2,(H,20,21). The molecule has 2 saturated heterocycles. The largest absolute Gasteiger partial charge is 0.465 e. The second kappa shape index (κ2) is 5.21. The smallest absolute Gasteiger partial charge is 0.407 e. The lowest BCUT2D eigenvalue weighted by Gasteiger charge is -2.40. The van der Waals surface area contributed by atoms with E-state index in [1.54, 1.807) is 16.2 Å². The predicted molar refractivity (Wildman–Crippen MR) is 89.0 cm³/mol. The molecule has 9 heteroatoms. The van der Waals surface area contributed by atoms with E-state index in [9.17, 15) is 9.90 Å². The van der Waals surface area contributed by atoms with Crippen molar-refractivity contribution in [1.29, 1.82) is 0 Å². The molecule has 2 fully saturated rings. The Morgan fingerprint density at radius 1 is 1.36 bits per heavy atom. The molecule has 6 nitrogen and oxygen atoms in total. The number of hydrogen-bond acceptors (Lipinski definition) is 5. The number of anilines is 1. The third-order valence-corrected chi connectivity index (χ3v) is 6.09. The highest BCUT2D eigenvalue weighted by Crippen LogP contribution is 2.38. The Bertz CT molecular complexity index is 756. The number of thiophene rings is 1. The van der Waals surface area contributed by atoms with Crippen molar-refractivity contribution in [3.63, 3.8) is 0 Å². The summed E-state index contributed by atoms with van der Waals surface area (Å²) in [5.41, 5.74) is 0.819. The molecule has 2 aliphatic rings. The molecule has 2 aliphatic heterocycles. The van der Waals surface area contributed by atoms with E-state index in [1.165, 1.54) is 0 Å². The first-order chi connectivity index (χ1) is 10.5. The van der Waals surface area contributed by atoms with Crippen LogP contribution in [0.1, 0.15) is 12.8 Å². The zero-order valence-corrected chi connectivity index (χ0v) is 14.5. The maximum absolute atomic E-state index is 11.4. The Balaban J connectivity index is 1.73. The van der Waals surface area contributed by atoms with E-state index in [4.69, 9.17) is 11.6 Å². The van der Waals surface area contributed by atoms with E-state index in [-0.39, 0.29) is 17.4 Å². The molecule has 2 atom stereocenters. The number of nitrogens with zero attached hydrogens (tertiary/aromatic N) is 4. The van der Waals surface area contributed by atoms with Crippen molar-refractivity contribution in [3.05, 3.63) is 15.1 Å². The van der Waals surface area contributed by atoms with Crippen molar-refractivity contribution in [3.8, 4) is 0 Å². The van der Waals surface area contributed by atoms with Crippen LogP contribution in [0.3, 0.4) is 0 Å². The SMILES string of the molecule is O=C(O)N1C2CCC1CN(c1nc(Cl)nc3cc(Br)sc13)C2. The zero-order chi connectivity index (χ0) is 15.4. The van der Waals surface area contributed by atoms with Gasteiger partial charge in [0.25, 0.3) is 0 Å². The Kier molecular flexibility index (Phi) is 3.43. The number of rotatable bonds is 1. The van der Waals surface area contributed by atoms with Crippen LogP contribution in [0.2, 0.25) is 5.28 Å². The molecule has 116 valence electrons. The third kappa shape index (κ3) is 2.24. The summed E-state index contributed by atoms with van der Waals surface area (Å²) in [6, 6.07) is 1.99. The molecule has 4 rings (SSSR count). The van der Waals surface area contributed by atoms with Gasteiger partial charge in [-0.2, -0.15) is 4.98 Å². The van der Waals surface area contributed by atoms with Gasteiger partial charge in [-0.25, -0.2) is 9.78 Å². The van der Waals surface area contributed by atoms with Crippen molar-refractivity contribution in [2.24, 2.45) is 0 Å². The number of aromatic nitrogens is 2. The van der Waals surface area contributed by atoms with Crippen molar-refractivity contribution in [1.82, 2.24) is 14.9 Å². The first-order valence-electron chi connectivity index (χ1n) is 6.91. The summed E-state index contributed by atoms with van der Waals surface area (Å²) in [6.07, 6.45) is 0.990. The molecule has 1 amide bonds. The quantitative estimate of drug-likeness (QED) is 0.739. The molecule has 2 bridgehead atoms. The lowest BCUT2D eigenvalue weighted by Crippen LogP contribution is -2.55. The molecule has 2 aromatic rings. The van der Waals surface area contributed by atoms with Gasteiger partial charge in [-0.15, -0.1) is 11.3 Å².